The number of hydrogen-bond acceptors (Lipinski definition) is 4. The van der Waals surface area contributed by atoms with E-state index in [0.717, 1.165) is 22.4 Å². The normalized spacial score (nSPS) is 10.3. The second kappa shape index (κ2) is 9.06. The first kappa shape index (κ1) is 20.1. The zero-order valence-corrected chi connectivity index (χ0v) is 16.7. The second-order valence-corrected chi connectivity index (χ2v) is 6.88. The molecule has 5 nitrogen and oxygen atoms in total. The molecule has 3 aromatic carbocycles. The molecular formula is C24H23NO4. The van der Waals surface area contributed by atoms with Gasteiger partial charge in [-0.3, -0.25) is 4.79 Å². The molecule has 0 saturated heterocycles. The fourth-order valence-corrected chi connectivity index (χ4v) is 2.75. The number of aryl methyl sites for hydroxylation is 3. The fraction of sp³-hybridized carbons (Fsp3) is 0.167. The minimum absolute atomic E-state index is 0.196. The largest absolute Gasteiger partial charge is 0.482 e. The number of esters is 1. The molecule has 5 heteroatoms. The zero-order chi connectivity index (χ0) is 20.8. The Kier molecular flexibility index (Phi) is 6.29. The lowest BCUT2D eigenvalue weighted by Crippen LogP contribution is -2.18. The van der Waals surface area contributed by atoms with Crippen LogP contribution >= 0.6 is 0 Å². The van der Waals surface area contributed by atoms with Crippen LogP contribution in [0.25, 0.3) is 0 Å². The third-order valence-corrected chi connectivity index (χ3v) is 4.34. The van der Waals surface area contributed by atoms with E-state index < -0.39 is 5.97 Å². The highest BCUT2D eigenvalue weighted by molar-refractivity contribution is 6.04. The predicted octanol–water partition coefficient (Wildman–Crippen LogP) is 4.85. The van der Waals surface area contributed by atoms with Gasteiger partial charge in [0.15, 0.2) is 6.61 Å². The van der Waals surface area contributed by atoms with E-state index in [2.05, 4.69) is 5.32 Å². The van der Waals surface area contributed by atoms with E-state index in [-0.39, 0.29) is 12.5 Å². The van der Waals surface area contributed by atoms with Crippen molar-refractivity contribution in [3.63, 3.8) is 0 Å². The summed E-state index contributed by atoms with van der Waals surface area (Å²) in [5, 5.41) is 2.90. The highest BCUT2D eigenvalue weighted by Gasteiger charge is 2.10. The summed E-state index contributed by atoms with van der Waals surface area (Å²) < 4.78 is 10.7. The summed E-state index contributed by atoms with van der Waals surface area (Å²) in [6, 6.07) is 19.7. The van der Waals surface area contributed by atoms with Gasteiger partial charge in [-0.05, 0) is 79.9 Å². The Morgan fingerprint density at radius 1 is 0.828 bits per heavy atom. The number of amides is 1. The van der Waals surface area contributed by atoms with Crippen molar-refractivity contribution in [1.29, 1.82) is 0 Å². The summed E-state index contributed by atoms with van der Waals surface area (Å²) >= 11 is 0. The van der Waals surface area contributed by atoms with Gasteiger partial charge < -0.3 is 14.8 Å². The van der Waals surface area contributed by atoms with Crippen molar-refractivity contribution in [3.8, 4) is 11.5 Å². The van der Waals surface area contributed by atoms with E-state index in [4.69, 9.17) is 9.47 Å². The Morgan fingerprint density at radius 2 is 1.55 bits per heavy atom. The van der Waals surface area contributed by atoms with Gasteiger partial charge in [-0.15, -0.1) is 0 Å². The van der Waals surface area contributed by atoms with Crippen molar-refractivity contribution in [2.45, 2.75) is 20.8 Å². The lowest BCUT2D eigenvalue weighted by atomic mass is 10.1. The molecule has 29 heavy (non-hydrogen) atoms. The highest BCUT2D eigenvalue weighted by Crippen LogP contribution is 2.19. The van der Waals surface area contributed by atoms with Crippen LogP contribution in [0, 0.1) is 20.8 Å². The van der Waals surface area contributed by atoms with Crippen LogP contribution in [0.3, 0.4) is 0 Å². The average molecular weight is 389 g/mol. The topological polar surface area (TPSA) is 64.6 Å². The van der Waals surface area contributed by atoms with Crippen LogP contribution in [0.2, 0.25) is 0 Å². The van der Waals surface area contributed by atoms with E-state index in [9.17, 15) is 9.59 Å². The molecule has 1 amide bonds. The molecule has 0 heterocycles. The Labute approximate surface area is 170 Å². The lowest BCUT2D eigenvalue weighted by molar-refractivity contribution is -0.136. The van der Waals surface area contributed by atoms with Crippen LogP contribution in [0.5, 0.6) is 11.5 Å². The van der Waals surface area contributed by atoms with Gasteiger partial charge in [0.05, 0.1) is 0 Å². The van der Waals surface area contributed by atoms with Crippen LogP contribution in [0.1, 0.15) is 27.0 Å². The summed E-state index contributed by atoms with van der Waals surface area (Å²) in [4.78, 5) is 24.4. The van der Waals surface area contributed by atoms with Gasteiger partial charge in [0, 0.05) is 11.3 Å². The number of rotatable bonds is 6. The Hall–Kier alpha value is -3.60. The van der Waals surface area contributed by atoms with Crippen molar-refractivity contribution < 1.29 is 19.1 Å². The van der Waals surface area contributed by atoms with Crippen LogP contribution in [-0.2, 0) is 4.79 Å². The molecule has 0 bridgehead atoms. The Balaban J connectivity index is 1.56. The van der Waals surface area contributed by atoms with Gasteiger partial charge in [-0.2, -0.15) is 0 Å². The quantitative estimate of drug-likeness (QED) is 0.484. The van der Waals surface area contributed by atoms with Gasteiger partial charge in [-0.25, -0.2) is 4.79 Å². The summed E-state index contributed by atoms with van der Waals surface area (Å²) in [6.07, 6.45) is 0. The van der Waals surface area contributed by atoms with Crippen molar-refractivity contribution in [2.24, 2.45) is 0 Å². The summed E-state index contributed by atoms with van der Waals surface area (Å²) in [5.74, 6) is 0.227. The maximum absolute atomic E-state index is 12.5. The molecule has 0 aliphatic rings. The Bertz CT molecular complexity index is 1030. The van der Waals surface area contributed by atoms with Gasteiger partial charge in [-0.1, -0.05) is 24.3 Å². The number of anilines is 1. The van der Waals surface area contributed by atoms with Crippen LogP contribution in [-0.4, -0.2) is 18.5 Å². The maximum Gasteiger partial charge on any atom is 0.349 e. The van der Waals surface area contributed by atoms with Gasteiger partial charge in [0.25, 0.3) is 5.91 Å². The highest BCUT2D eigenvalue weighted by atomic mass is 16.6. The molecule has 3 aromatic rings. The van der Waals surface area contributed by atoms with Crippen molar-refractivity contribution in [3.05, 3.63) is 89.0 Å². The van der Waals surface area contributed by atoms with Crippen LogP contribution in [0.4, 0.5) is 5.69 Å². The van der Waals surface area contributed by atoms with Crippen molar-refractivity contribution >= 4 is 17.6 Å². The standard InChI is InChI=1S/C24H23NO4/c1-16-5-4-6-21(13-16)28-15-23(26)29-20-11-9-19(10-12-20)24(27)25-22-14-17(2)7-8-18(22)3/h4-14H,15H2,1-3H3,(H,25,27). The maximum atomic E-state index is 12.5. The third kappa shape index (κ3) is 5.69. The molecule has 0 aliphatic carbocycles. The lowest BCUT2D eigenvalue weighted by Gasteiger charge is -2.10. The molecule has 0 radical (unpaired) electrons. The van der Waals surface area contributed by atoms with Crippen LogP contribution < -0.4 is 14.8 Å². The van der Waals surface area contributed by atoms with Crippen LogP contribution in [0.15, 0.2) is 66.7 Å². The second-order valence-electron chi connectivity index (χ2n) is 6.88. The minimum atomic E-state index is -0.515. The summed E-state index contributed by atoms with van der Waals surface area (Å²) in [5.41, 5.74) is 4.36. The smallest absolute Gasteiger partial charge is 0.349 e. The number of hydrogen-bond donors (Lipinski definition) is 1. The molecule has 0 fully saturated rings. The van der Waals surface area contributed by atoms with E-state index in [1.54, 1.807) is 30.3 Å². The molecule has 0 aromatic heterocycles. The number of ether oxygens (including phenoxy) is 2. The molecule has 0 saturated carbocycles. The van der Waals surface area contributed by atoms with E-state index in [1.807, 2.05) is 57.2 Å². The summed E-state index contributed by atoms with van der Waals surface area (Å²) in [6.45, 7) is 5.67. The Morgan fingerprint density at radius 3 is 2.28 bits per heavy atom. The zero-order valence-electron chi connectivity index (χ0n) is 16.7. The number of benzene rings is 3. The molecule has 3 rings (SSSR count). The first-order valence-electron chi connectivity index (χ1n) is 9.29. The summed E-state index contributed by atoms with van der Waals surface area (Å²) in [7, 11) is 0. The number of carbonyl (C=O) groups is 2. The van der Waals surface area contributed by atoms with Crippen molar-refractivity contribution in [1.82, 2.24) is 0 Å². The van der Waals surface area contributed by atoms with E-state index >= 15 is 0 Å². The van der Waals surface area contributed by atoms with Gasteiger partial charge in [0.1, 0.15) is 11.5 Å². The average Bonchev–Trinajstić information content (AvgIpc) is 2.70. The molecular weight excluding hydrogens is 366 g/mol. The molecule has 0 spiro atoms. The first-order chi connectivity index (χ1) is 13.9. The van der Waals surface area contributed by atoms with E-state index in [1.165, 1.54) is 0 Å². The fourth-order valence-electron chi connectivity index (χ4n) is 2.75. The number of nitrogens with one attached hydrogen (secondary N) is 1. The minimum Gasteiger partial charge on any atom is -0.482 e. The SMILES string of the molecule is Cc1cccc(OCC(=O)Oc2ccc(C(=O)Nc3cc(C)ccc3C)cc2)c1. The molecule has 0 atom stereocenters. The monoisotopic (exact) mass is 389 g/mol. The van der Waals surface area contributed by atoms with E-state index in [0.29, 0.717) is 17.1 Å². The molecule has 0 unspecified atom stereocenters. The molecule has 148 valence electrons. The molecule has 1 N–H and O–H groups in total. The van der Waals surface area contributed by atoms with Gasteiger partial charge in [0.2, 0.25) is 0 Å². The van der Waals surface area contributed by atoms with Gasteiger partial charge >= 0.3 is 5.97 Å². The predicted molar refractivity (Wildman–Crippen MR) is 113 cm³/mol. The molecule has 0 aliphatic heterocycles. The van der Waals surface area contributed by atoms with Crippen molar-refractivity contribution in [2.75, 3.05) is 11.9 Å². The number of carbonyl (C=O) groups excluding carboxylic acids is 2. The first-order valence-corrected chi connectivity index (χ1v) is 9.29. The third-order valence-electron chi connectivity index (χ3n) is 4.34.